The summed E-state index contributed by atoms with van der Waals surface area (Å²) in [5, 5.41) is 0. The van der Waals surface area contributed by atoms with E-state index in [-0.39, 0.29) is 3.61 Å². The summed E-state index contributed by atoms with van der Waals surface area (Å²) in [4.78, 5) is 0. The molecule has 0 aromatic rings. The average molecular weight is 184 g/mol. The normalized spacial score (nSPS) is 49.2. The van der Waals surface area contributed by atoms with Gasteiger partial charge in [-0.25, -0.2) is 0 Å². The Labute approximate surface area is 44.8 Å². The molecule has 0 bridgehead atoms. The molecule has 5 heavy (non-hydrogen) atoms. The van der Waals surface area contributed by atoms with Crippen LogP contribution in [0.15, 0.2) is 0 Å². The Hall–Kier alpha value is 0.690. The number of rotatable bonds is 0. The molecule has 1 fully saturated rings. The van der Waals surface area contributed by atoms with Crippen LogP contribution in [0.1, 0.15) is 6.92 Å². The summed E-state index contributed by atoms with van der Waals surface area (Å²) in [7, 11) is 0. The smallest absolute Gasteiger partial charge is 0.139 e. The molecule has 0 amide bonds. The fourth-order valence-electron chi connectivity index (χ4n) is 0.0994. The fraction of sp³-hybridized carbons (Fsp3) is 1.00. The standard InChI is InChI=1S/C3H5IO/c1-3(4)2-5-3/h2H2,1H3/t3-/m1/s1. The van der Waals surface area contributed by atoms with E-state index < -0.39 is 0 Å². The molecular weight excluding hydrogens is 179 g/mol. The molecule has 30 valence electrons. The van der Waals surface area contributed by atoms with Gasteiger partial charge in [-0.2, -0.15) is 0 Å². The second kappa shape index (κ2) is 0.846. The second-order valence-corrected chi connectivity index (χ2v) is 3.67. The monoisotopic (exact) mass is 184 g/mol. The van der Waals surface area contributed by atoms with Crippen molar-refractivity contribution in [1.82, 2.24) is 0 Å². The van der Waals surface area contributed by atoms with Crippen molar-refractivity contribution in [1.29, 1.82) is 0 Å². The molecule has 0 N–H and O–H groups in total. The van der Waals surface area contributed by atoms with E-state index in [0.29, 0.717) is 0 Å². The predicted octanol–water partition coefficient (Wildman–Crippen LogP) is 1.17. The van der Waals surface area contributed by atoms with Crippen molar-refractivity contribution >= 4 is 22.6 Å². The average Bonchev–Trinajstić information content (AvgIpc) is 1.76. The van der Waals surface area contributed by atoms with Crippen LogP contribution in [-0.4, -0.2) is 10.2 Å². The van der Waals surface area contributed by atoms with Crippen molar-refractivity contribution in [2.24, 2.45) is 0 Å². The second-order valence-electron chi connectivity index (χ2n) is 1.39. The lowest BCUT2D eigenvalue weighted by Crippen LogP contribution is -1.83. The van der Waals surface area contributed by atoms with Crippen LogP contribution in [0, 0.1) is 0 Å². The third kappa shape index (κ3) is 1.05. The van der Waals surface area contributed by atoms with Gasteiger partial charge in [0.15, 0.2) is 0 Å². The molecule has 0 unspecified atom stereocenters. The van der Waals surface area contributed by atoms with Crippen LogP contribution in [0.2, 0.25) is 0 Å². The summed E-state index contributed by atoms with van der Waals surface area (Å²) >= 11 is 2.27. The number of hydrogen-bond donors (Lipinski definition) is 0. The predicted molar refractivity (Wildman–Crippen MR) is 28.4 cm³/mol. The molecule has 1 atom stereocenters. The van der Waals surface area contributed by atoms with Gasteiger partial charge >= 0.3 is 0 Å². The maximum Gasteiger partial charge on any atom is 0.139 e. The molecule has 0 aromatic heterocycles. The van der Waals surface area contributed by atoms with Crippen LogP contribution < -0.4 is 0 Å². The zero-order chi connectivity index (χ0) is 3.91. The van der Waals surface area contributed by atoms with Gasteiger partial charge in [0.05, 0.1) is 6.61 Å². The number of hydrogen-bond acceptors (Lipinski definition) is 1. The van der Waals surface area contributed by atoms with E-state index in [1.807, 2.05) is 0 Å². The van der Waals surface area contributed by atoms with E-state index in [1.54, 1.807) is 0 Å². The fourth-order valence-corrected chi connectivity index (χ4v) is 0.255. The lowest BCUT2D eigenvalue weighted by Gasteiger charge is -1.78. The zero-order valence-electron chi connectivity index (χ0n) is 2.99. The Bertz CT molecular complexity index is 44.9. The maximum atomic E-state index is 4.88. The minimum absolute atomic E-state index is 0.220. The first-order valence-electron chi connectivity index (χ1n) is 1.54. The van der Waals surface area contributed by atoms with Crippen LogP contribution in [0.5, 0.6) is 0 Å². The van der Waals surface area contributed by atoms with Crippen LogP contribution in [0.4, 0.5) is 0 Å². The summed E-state index contributed by atoms with van der Waals surface area (Å²) in [5.41, 5.74) is 0. The van der Waals surface area contributed by atoms with E-state index in [2.05, 4.69) is 29.5 Å². The Balaban J connectivity index is 2.38. The van der Waals surface area contributed by atoms with E-state index in [9.17, 15) is 0 Å². The molecule has 1 heterocycles. The van der Waals surface area contributed by atoms with E-state index >= 15 is 0 Å². The molecule has 1 saturated heterocycles. The summed E-state index contributed by atoms with van der Waals surface area (Å²) < 4.78 is 5.10. The van der Waals surface area contributed by atoms with E-state index in [4.69, 9.17) is 4.74 Å². The largest absolute Gasteiger partial charge is 0.359 e. The van der Waals surface area contributed by atoms with E-state index in [0.717, 1.165) is 6.61 Å². The number of ether oxygens (including phenoxy) is 1. The summed E-state index contributed by atoms with van der Waals surface area (Å²) in [6, 6.07) is 0. The molecule has 1 aliphatic heterocycles. The molecule has 1 nitrogen and oxygen atoms in total. The van der Waals surface area contributed by atoms with Crippen molar-refractivity contribution in [3.63, 3.8) is 0 Å². The maximum absolute atomic E-state index is 4.88. The number of alkyl halides is 1. The molecule has 0 aromatic carbocycles. The molecule has 0 aliphatic carbocycles. The third-order valence-corrected chi connectivity index (χ3v) is 1.16. The SMILES string of the molecule is C[C@]1(I)CO1. The lowest BCUT2D eigenvalue weighted by molar-refractivity contribution is 0.413. The topological polar surface area (TPSA) is 12.5 Å². The summed E-state index contributed by atoms with van der Waals surface area (Å²) in [5.74, 6) is 0. The lowest BCUT2D eigenvalue weighted by atomic mass is 10.6. The van der Waals surface area contributed by atoms with Gasteiger partial charge in [0, 0.05) is 0 Å². The van der Waals surface area contributed by atoms with Crippen LogP contribution in [0.25, 0.3) is 0 Å². The molecule has 2 heteroatoms. The minimum Gasteiger partial charge on any atom is -0.359 e. The molecule has 0 radical (unpaired) electrons. The quantitative estimate of drug-likeness (QED) is 0.312. The molecule has 1 aliphatic rings. The molecule has 1 rings (SSSR count). The number of halogens is 1. The Morgan fingerprint density at radius 3 is 2.20 bits per heavy atom. The molecule has 0 saturated carbocycles. The van der Waals surface area contributed by atoms with Crippen molar-refractivity contribution in [2.75, 3.05) is 6.61 Å². The van der Waals surface area contributed by atoms with Crippen LogP contribution in [0.3, 0.4) is 0 Å². The van der Waals surface area contributed by atoms with Gasteiger partial charge in [-0.3, -0.25) is 0 Å². The van der Waals surface area contributed by atoms with Crippen molar-refractivity contribution < 1.29 is 4.74 Å². The Kier molecular flexibility index (Phi) is 0.654. The number of epoxide rings is 1. The van der Waals surface area contributed by atoms with Crippen molar-refractivity contribution in [3.05, 3.63) is 0 Å². The first-order chi connectivity index (χ1) is 2.21. The Morgan fingerprint density at radius 2 is 2.20 bits per heavy atom. The third-order valence-electron chi connectivity index (χ3n) is 0.542. The van der Waals surface area contributed by atoms with Gasteiger partial charge in [-0.15, -0.1) is 0 Å². The van der Waals surface area contributed by atoms with Crippen molar-refractivity contribution in [2.45, 2.75) is 10.5 Å². The highest BCUT2D eigenvalue weighted by atomic mass is 127. The Morgan fingerprint density at radius 1 is 2.00 bits per heavy atom. The van der Waals surface area contributed by atoms with E-state index in [1.165, 1.54) is 0 Å². The van der Waals surface area contributed by atoms with Gasteiger partial charge in [0.2, 0.25) is 0 Å². The van der Waals surface area contributed by atoms with Gasteiger partial charge in [0.1, 0.15) is 3.61 Å². The first-order valence-corrected chi connectivity index (χ1v) is 2.61. The first kappa shape index (κ1) is 3.87. The van der Waals surface area contributed by atoms with Gasteiger partial charge < -0.3 is 4.74 Å². The zero-order valence-corrected chi connectivity index (χ0v) is 5.15. The summed E-state index contributed by atoms with van der Waals surface area (Å²) in [6.45, 7) is 3.00. The summed E-state index contributed by atoms with van der Waals surface area (Å²) in [6.07, 6.45) is 0. The highest BCUT2D eigenvalue weighted by Crippen LogP contribution is 2.32. The van der Waals surface area contributed by atoms with Crippen LogP contribution in [-0.2, 0) is 4.74 Å². The highest BCUT2D eigenvalue weighted by molar-refractivity contribution is 14.1. The molecular formula is C3H5IO. The van der Waals surface area contributed by atoms with Gasteiger partial charge in [-0.1, -0.05) is 0 Å². The van der Waals surface area contributed by atoms with Crippen LogP contribution >= 0.6 is 22.6 Å². The van der Waals surface area contributed by atoms with Crippen molar-refractivity contribution in [3.8, 4) is 0 Å². The minimum atomic E-state index is 0.220. The van der Waals surface area contributed by atoms with Gasteiger partial charge in [-0.05, 0) is 29.5 Å². The van der Waals surface area contributed by atoms with Gasteiger partial charge in [0.25, 0.3) is 0 Å². The molecule has 0 spiro atoms. The highest BCUT2D eigenvalue weighted by Gasteiger charge is 2.35.